The molecule has 4 rings (SSSR count). The van der Waals surface area contributed by atoms with Crippen LogP contribution in [0.25, 0.3) is 16.9 Å². The second-order valence-electron chi connectivity index (χ2n) is 7.39. The quantitative estimate of drug-likeness (QED) is 0.493. The smallest absolute Gasteiger partial charge is 0.328 e. The van der Waals surface area contributed by atoms with Crippen molar-refractivity contribution in [3.05, 3.63) is 54.1 Å². The number of aryl methyl sites for hydroxylation is 1. The number of methoxy groups -OCH3 is 1. The highest BCUT2D eigenvalue weighted by atomic mass is 16.5. The number of rotatable bonds is 7. The molecule has 0 amide bonds. The molecule has 1 aliphatic rings. The number of aromatic nitrogens is 4. The number of imidazole rings is 1. The third-order valence-electron chi connectivity index (χ3n) is 5.05. The molecule has 0 bridgehead atoms. The summed E-state index contributed by atoms with van der Waals surface area (Å²) in [6.07, 6.45) is 5.65. The Morgan fingerprint density at radius 1 is 1.15 bits per heavy atom. The predicted octanol–water partition coefficient (Wildman–Crippen LogP) is 1.84. The summed E-state index contributed by atoms with van der Waals surface area (Å²) in [7, 11) is 1.70. The minimum atomic E-state index is -1.26. The highest BCUT2D eigenvalue weighted by Crippen LogP contribution is 2.28. The van der Waals surface area contributed by atoms with E-state index in [-0.39, 0.29) is 0 Å². The summed E-state index contributed by atoms with van der Waals surface area (Å²) in [5, 5.41) is 20.2. The van der Waals surface area contributed by atoms with Gasteiger partial charge in [0.1, 0.15) is 0 Å². The third kappa shape index (κ3) is 6.36. The van der Waals surface area contributed by atoms with Crippen LogP contribution in [0.3, 0.4) is 0 Å². The minimum Gasteiger partial charge on any atom is -0.478 e. The first-order valence-corrected chi connectivity index (χ1v) is 10.7. The van der Waals surface area contributed by atoms with Gasteiger partial charge in [0, 0.05) is 56.2 Å². The van der Waals surface area contributed by atoms with Crippen LogP contribution in [0.2, 0.25) is 0 Å². The van der Waals surface area contributed by atoms with Crippen molar-refractivity contribution in [2.45, 2.75) is 13.3 Å². The van der Waals surface area contributed by atoms with Crippen molar-refractivity contribution in [1.82, 2.24) is 19.6 Å². The lowest BCUT2D eigenvalue weighted by atomic mass is 10.1. The highest BCUT2D eigenvalue weighted by molar-refractivity contribution is 5.89. The van der Waals surface area contributed by atoms with E-state index in [1.54, 1.807) is 7.11 Å². The van der Waals surface area contributed by atoms with Crippen LogP contribution in [0.15, 0.2) is 42.7 Å². The fourth-order valence-corrected chi connectivity index (χ4v) is 3.49. The zero-order valence-corrected chi connectivity index (χ0v) is 19.0. The Morgan fingerprint density at radius 2 is 1.85 bits per heavy atom. The average molecular weight is 469 g/mol. The standard InChI is InChI=1S/C19H23N5O2.C4H4O4/c1-14-18(15-3-4-16(20-13-15)6-10-25-2)24-19(22-14)17(5-7-21-24)23-8-11-26-12-9-23;5-3(6)1-2-4(7)8/h3-5,7,13H,6,8-12H2,1-2H3;1-2H,(H,5,6)(H,7,8). The number of pyridine rings is 1. The van der Waals surface area contributed by atoms with E-state index in [0.717, 1.165) is 66.7 Å². The Kier molecular flexibility index (Phi) is 8.66. The number of carbonyl (C=O) groups is 2. The second kappa shape index (κ2) is 11.9. The summed E-state index contributed by atoms with van der Waals surface area (Å²) in [4.78, 5) is 30.8. The molecule has 3 aromatic heterocycles. The summed E-state index contributed by atoms with van der Waals surface area (Å²) in [6, 6.07) is 6.15. The maximum Gasteiger partial charge on any atom is 0.328 e. The first-order chi connectivity index (χ1) is 16.4. The van der Waals surface area contributed by atoms with Crippen LogP contribution in [0.5, 0.6) is 0 Å². The van der Waals surface area contributed by atoms with E-state index in [1.165, 1.54) is 0 Å². The van der Waals surface area contributed by atoms with E-state index in [2.05, 4.69) is 21.0 Å². The number of ether oxygens (including phenoxy) is 2. The van der Waals surface area contributed by atoms with E-state index >= 15 is 0 Å². The maximum absolute atomic E-state index is 9.55. The number of hydrogen-bond donors (Lipinski definition) is 2. The zero-order valence-electron chi connectivity index (χ0n) is 19.0. The lowest BCUT2D eigenvalue weighted by molar-refractivity contribution is -0.134. The van der Waals surface area contributed by atoms with Gasteiger partial charge in [0.05, 0.1) is 43.1 Å². The lowest BCUT2D eigenvalue weighted by Gasteiger charge is -2.28. The van der Waals surface area contributed by atoms with Gasteiger partial charge in [-0.05, 0) is 25.1 Å². The predicted molar refractivity (Wildman–Crippen MR) is 124 cm³/mol. The molecule has 1 saturated heterocycles. The van der Waals surface area contributed by atoms with Gasteiger partial charge in [0.2, 0.25) is 0 Å². The number of morpholine rings is 1. The number of anilines is 1. The van der Waals surface area contributed by atoms with Crippen LogP contribution in [-0.2, 0) is 25.5 Å². The van der Waals surface area contributed by atoms with Crippen LogP contribution < -0.4 is 4.90 Å². The van der Waals surface area contributed by atoms with Gasteiger partial charge in [-0.2, -0.15) is 5.10 Å². The number of carboxylic acids is 2. The van der Waals surface area contributed by atoms with E-state index in [9.17, 15) is 9.59 Å². The Morgan fingerprint density at radius 3 is 2.44 bits per heavy atom. The van der Waals surface area contributed by atoms with Crippen molar-refractivity contribution >= 4 is 23.3 Å². The monoisotopic (exact) mass is 469 g/mol. The molecule has 0 radical (unpaired) electrons. The summed E-state index contributed by atoms with van der Waals surface area (Å²) in [6.45, 7) is 5.92. The van der Waals surface area contributed by atoms with E-state index < -0.39 is 11.9 Å². The van der Waals surface area contributed by atoms with Gasteiger partial charge in [-0.1, -0.05) is 0 Å². The van der Waals surface area contributed by atoms with Gasteiger partial charge in [-0.15, -0.1) is 0 Å². The molecule has 0 aromatic carbocycles. The Balaban J connectivity index is 0.000000350. The minimum absolute atomic E-state index is 0.558. The van der Waals surface area contributed by atoms with Gasteiger partial charge >= 0.3 is 11.9 Å². The third-order valence-corrected chi connectivity index (χ3v) is 5.05. The highest BCUT2D eigenvalue weighted by Gasteiger charge is 2.19. The first kappa shape index (κ1) is 24.8. The van der Waals surface area contributed by atoms with Crippen LogP contribution in [0.4, 0.5) is 5.69 Å². The van der Waals surface area contributed by atoms with Crippen molar-refractivity contribution in [3.8, 4) is 11.3 Å². The fourth-order valence-electron chi connectivity index (χ4n) is 3.49. The van der Waals surface area contributed by atoms with E-state index in [1.807, 2.05) is 36.0 Å². The average Bonchev–Trinajstić information content (AvgIpc) is 3.18. The molecule has 4 heterocycles. The topological polar surface area (TPSA) is 139 Å². The molecule has 0 aliphatic carbocycles. The summed E-state index contributed by atoms with van der Waals surface area (Å²) < 4.78 is 12.5. The van der Waals surface area contributed by atoms with E-state index in [0.29, 0.717) is 18.8 Å². The molecule has 0 atom stereocenters. The normalized spacial score (nSPS) is 13.6. The first-order valence-electron chi connectivity index (χ1n) is 10.7. The molecule has 11 nitrogen and oxygen atoms in total. The van der Waals surface area contributed by atoms with Crippen LogP contribution >= 0.6 is 0 Å². The van der Waals surface area contributed by atoms with Crippen LogP contribution in [0.1, 0.15) is 11.4 Å². The van der Waals surface area contributed by atoms with Crippen LogP contribution in [-0.4, -0.2) is 81.8 Å². The molecule has 1 aliphatic heterocycles. The molecule has 1 fully saturated rings. The summed E-state index contributed by atoms with van der Waals surface area (Å²) >= 11 is 0. The number of carboxylic acid groups (broad SMARTS) is 2. The summed E-state index contributed by atoms with van der Waals surface area (Å²) in [5.74, 6) is -2.51. The van der Waals surface area contributed by atoms with Crippen molar-refractivity contribution < 1.29 is 29.3 Å². The number of nitrogens with zero attached hydrogens (tertiary/aromatic N) is 5. The van der Waals surface area contributed by atoms with E-state index in [4.69, 9.17) is 24.7 Å². The molecule has 0 spiro atoms. The Bertz CT molecular complexity index is 1140. The van der Waals surface area contributed by atoms with Gasteiger partial charge in [-0.25, -0.2) is 19.1 Å². The fraction of sp³-hybridized carbons (Fsp3) is 0.348. The van der Waals surface area contributed by atoms with Gasteiger partial charge < -0.3 is 24.6 Å². The van der Waals surface area contributed by atoms with Crippen molar-refractivity contribution in [2.75, 3.05) is 44.9 Å². The Labute approximate surface area is 196 Å². The molecule has 3 aromatic rings. The zero-order chi connectivity index (χ0) is 24.5. The van der Waals surface area contributed by atoms with Gasteiger partial charge in [-0.3, -0.25) is 4.98 Å². The SMILES string of the molecule is COCCc1ccc(-c2c(C)nc3c(N4CCOCC4)ccnn23)cn1.O=C(O)C=CC(=O)O. The Hall–Kier alpha value is -3.83. The second-order valence-corrected chi connectivity index (χ2v) is 7.39. The number of fused-ring (bicyclic) bond motifs is 1. The molecule has 34 heavy (non-hydrogen) atoms. The van der Waals surface area contributed by atoms with Gasteiger partial charge in [0.15, 0.2) is 5.65 Å². The van der Waals surface area contributed by atoms with Crippen molar-refractivity contribution in [2.24, 2.45) is 0 Å². The summed E-state index contributed by atoms with van der Waals surface area (Å²) in [5.41, 5.74) is 5.95. The lowest BCUT2D eigenvalue weighted by Crippen LogP contribution is -2.36. The van der Waals surface area contributed by atoms with Crippen LogP contribution in [0, 0.1) is 6.92 Å². The van der Waals surface area contributed by atoms with Gasteiger partial charge in [0.25, 0.3) is 0 Å². The molecular formula is C23H27N5O6. The molecule has 0 unspecified atom stereocenters. The number of aliphatic carboxylic acids is 2. The number of hydrogen-bond acceptors (Lipinski definition) is 8. The largest absolute Gasteiger partial charge is 0.478 e. The molecule has 2 N–H and O–H groups in total. The molecule has 180 valence electrons. The maximum atomic E-state index is 9.55. The molecule has 0 saturated carbocycles. The van der Waals surface area contributed by atoms with Crippen molar-refractivity contribution in [1.29, 1.82) is 0 Å². The molecule has 11 heteroatoms. The van der Waals surface area contributed by atoms with Crippen molar-refractivity contribution in [3.63, 3.8) is 0 Å². The molecular weight excluding hydrogens is 442 g/mol.